The minimum Gasteiger partial charge on any atom is -0.490 e. The molecule has 6 nitrogen and oxygen atoms in total. The van der Waals surface area contributed by atoms with Gasteiger partial charge < -0.3 is 25.1 Å². The average Bonchev–Trinajstić information content (AvgIpc) is 2.49. The van der Waals surface area contributed by atoms with Crippen LogP contribution in [-0.4, -0.2) is 43.0 Å². The van der Waals surface area contributed by atoms with Crippen LogP contribution in [0.15, 0.2) is 18.2 Å². The number of carbonyl (C=O) groups excluding carboxylic acids is 1. The average molecular weight is 311 g/mol. The minimum absolute atomic E-state index is 0.208. The van der Waals surface area contributed by atoms with Gasteiger partial charge in [-0.05, 0) is 44.9 Å². The molecular weight excluding hydrogens is 286 g/mol. The van der Waals surface area contributed by atoms with Gasteiger partial charge in [0, 0.05) is 6.04 Å². The van der Waals surface area contributed by atoms with Crippen LogP contribution in [0.2, 0.25) is 0 Å². The lowest BCUT2D eigenvalue weighted by Crippen LogP contribution is -2.42. The maximum absolute atomic E-state index is 11.5. The fraction of sp³-hybridized carbons (Fsp3) is 0.562. The molecule has 1 rings (SSSR count). The van der Waals surface area contributed by atoms with Gasteiger partial charge in [0.1, 0.15) is 0 Å². The summed E-state index contributed by atoms with van der Waals surface area (Å²) in [4.78, 5) is 11.5. The number of carbonyl (C=O) groups is 1. The zero-order valence-corrected chi connectivity index (χ0v) is 13.4. The number of esters is 1. The van der Waals surface area contributed by atoms with Gasteiger partial charge in [0.15, 0.2) is 17.6 Å². The number of aliphatic hydroxyl groups excluding tert-OH is 1. The highest BCUT2D eigenvalue weighted by Gasteiger charge is 2.24. The molecule has 1 aromatic rings. The van der Waals surface area contributed by atoms with Crippen LogP contribution in [0, 0.1) is 0 Å². The third-order valence-electron chi connectivity index (χ3n) is 3.01. The molecular formula is C16H25NO5. The van der Waals surface area contributed by atoms with Crippen LogP contribution in [0.4, 0.5) is 0 Å². The Morgan fingerprint density at radius 3 is 2.36 bits per heavy atom. The molecule has 0 aromatic heterocycles. The standard InChI is InChI=1S/C16H25NO5/c1-4-20-13-8-7-11(10-14(13)21-5-2)9-12(17)15(18)16(19)22-6-3/h7-8,10,12,15,18H,4-6,9,17H2,1-3H3. The van der Waals surface area contributed by atoms with Gasteiger partial charge >= 0.3 is 5.97 Å². The molecule has 0 spiro atoms. The highest BCUT2D eigenvalue weighted by Crippen LogP contribution is 2.29. The second-order valence-corrected chi connectivity index (χ2v) is 4.71. The highest BCUT2D eigenvalue weighted by molar-refractivity contribution is 5.75. The van der Waals surface area contributed by atoms with Crippen molar-refractivity contribution in [2.45, 2.75) is 39.3 Å². The topological polar surface area (TPSA) is 91.0 Å². The Morgan fingerprint density at radius 2 is 1.77 bits per heavy atom. The minimum atomic E-state index is -1.35. The fourth-order valence-electron chi connectivity index (χ4n) is 2.01. The number of nitrogens with two attached hydrogens (primary N) is 1. The molecule has 1 aromatic carbocycles. The van der Waals surface area contributed by atoms with Gasteiger partial charge in [-0.1, -0.05) is 6.07 Å². The quantitative estimate of drug-likeness (QED) is 0.668. The number of hydrogen-bond donors (Lipinski definition) is 2. The molecule has 22 heavy (non-hydrogen) atoms. The van der Waals surface area contributed by atoms with E-state index in [1.165, 1.54) is 0 Å². The summed E-state index contributed by atoms with van der Waals surface area (Å²) in [5.41, 5.74) is 6.73. The van der Waals surface area contributed by atoms with Crippen molar-refractivity contribution >= 4 is 5.97 Å². The number of ether oxygens (including phenoxy) is 3. The molecule has 0 fully saturated rings. The summed E-state index contributed by atoms with van der Waals surface area (Å²) in [6, 6.07) is 4.71. The first-order valence-electron chi connectivity index (χ1n) is 7.52. The second-order valence-electron chi connectivity index (χ2n) is 4.71. The van der Waals surface area contributed by atoms with Crippen molar-refractivity contribution in [2.24, 2.45) is 5.73 Å². The molecule has 0 aliphatic rings. The summed E-state index contributed by atoms with van der Waals surface area (Å²) in [5, 5.41) is 9.83. The van der Waals surface area contributed by atoms with Crippen molar-refractivity contribution in [2.75, 3.05) is 19.8 Å². The van der Waals surface area contributed by atoms with Gasteiger partial charge in [-0.15, -0.1) is 0 Å². The molecule has 6 heteroatoms. The van der Waals surface area contributed by atoms with Crippen LogP contribution >= 0.6 is 0 Å². The van der Waals surface area contributed by atoms with E-state index in [1.54, 1.807) is 13.0 Å². The molecule has 0 heterocycles. The molecule has 0 aliphatic carbocycles. The van der Waals surface area contributed by atoms with Gasteiger partial charge in [0.05, 0.1) is 19.8 Å². The molecule has 0 bridgehead atoms. The van der Waals surface area contributed by atoms with E-state index in [0.29, 0.717) is 31.1 Å². The maximum Gasteiger partial charge on any atom is 0.336 e. The molecule has 2 atom stereocenters. The van der Waals surface area contributed by atoms with Crippen LogP contribution < -0.4 is 15.2 Å². The van der Waals surface area contributed by atoms with Crippen LogP contribution in [0.5, 0.6) is 11.5 Å². The Bertz CT molecular complexity index is 478. The van der Waals surface area contributed by atoms with Gasteiger partial charge in [-0.25, -0.2) is 4.79 Å². The van der Waals surface area contributed by atoms with Gasteiger partial charge in [-0.3, -0.25) is 0 Å². The van der Waals surface area contributed by atoms with Crippen molar-refractivity contribution in [3.05, 3.63) is 23.8 Å². The molecule has 0 saturated heterocycles. The maximum atomic E-state index is 11.5. The predicted molar refractivity (Wildman–Crippen MR) is 83.1 cm³/mol. The van der Waals surface area contributed by atoms with Crippen LogP contribution in [0.3, 0.4) is 0 Å². The lowest BCUT2D eigenvalue weighted by Gasteiger charge is -2.18. The molecule has 0 aliphatic heterocycles. The Morgan fingerprint density at radius 1 is 1.14 bits per heavy atom. The monoisotopic (exact) mass is 311 g/mol. The molecule has 2 unspecified atom stereocenters. The number of aliphatic hydroxyl groups is 1. The first kappa shape index (κ1) is 18.3. The van der Waals surface area contributed by atoms with Crippen LogP contribution in [0.1, 0.15) is 26.3 Å². The van der Waals surface area contributed by atoms with Crippen molar-refractivity contribution < 1.29 is 24.1 Å². The SMILES string of the molecule is CCOC(=O)C(O)C(N)Cc1ccc(OCC)c(OCC)c1. The molecule has 3 N–H and O–H groups in total. The third-order valence-corrected chi connectivity index (χ3v) is 3.01. The molecule has 0 saturated carbocycles. The molecule has 124 valence electrons. The van der Waals surface area contributed by atoms with Gasteiger partial charge in [0.2, 0.25) is 0 Å². The van der Waals surface area contributed by atoms with E-state index in [9.17, 15) is 9.90 Å². The fourth-order valence-corrected chi connectivity index (χ4v) is 2.01. The number of rotatable bonds is 9. The van der Waals surface area contributed by atoms with E-state index in [4.69, 9.17) is 19.9 Å². The largest absolute Gasteiger partial charge is 0.490 e. The first-order chi connectivity index (χ1) is 10.5. The Balaban J connectivity index is 2.80. The second kappa shape index (κ2) is 9.27. The first-order valence-corrected chi connectivity index (χ1v) is 7.52. The van der Waals surface area contributed by atoms with Crippen molar-refractivity contribution in [3.8, 4) is 11.5 Å². The van der Waals surface area contributed by atoms with E-state index >= 15 is 0 Å². The van der Waals surface area contributed by atoms with E-state index < -0.39 is 18.1 Å². The lowest BCUT2D eigenvalue weighted by atomic mass is 10.0. The zero-order chi connectivity index (χ0) is 16.5. The van der Waals surface area contributed by atoms with Gasteiger partial charge in [0.25, 0.3) is 0 Å². The smallest absolute Gasteiger partial charge is 0.336 e. The van der Waals surface area contributed by atoms with Crippen molar-refractivity contribution in [1.82, 2.24) is 0 Å². The summed E-state index contributed by atoms with van der Waals surface area (Å²) in [6.45, 7) is 6.73. The Kier molecular flexibility index (Phi) is 7.70. The van der Waals surface area contributed by atoms with E-state index in [-0.39, 0.29) is 6.61 Å². The summed E-state index contributed by atoms with van der Waals surface area (Å²) in [5.74, 6) is 0.582. The Labute approximate surface area is 131 Å². The third kappa shape index (κ3) is 5.20. The van der Waals surface area contributed by atoms with E-state index in [0.717, 1.165) is 5.56 Å². The number of hydrogen-bond acceptors (Lipinski definition) is 6. The zero-order valence-electron chi connectivity index (χ0n) is 13.4. The summed E-state index contributed by atoms with van der Waals surface area (Å²) < 4.78 is 15.8. The number of benzene rings is 1. The van der Waals surface area contributed by atoms with Crippen LogP contribution in [0.25, 0.3) is 0 Å². The lowest BCUT2D eigenvalue weighted by molar-refractivity contribution is -0.154. The highest BCUT2D eigenvalue weighted by atomic mass is 16.5. The molecule has 0 amide bonds. The predicted octanol–water partition coefficient (Wildman–Crippen LogP) is 1.28. The normalized spacial score (nSPS) is 13.3. The summed E-state index contributed by atoms with van der Waals surface area (Å²) in [7, 11) is 0. The van der Waals surface area contributed by atoms with Crippen molar-refractivity contribution in [1.29, 1.82) is 0 Å². The van der Waals surface area contributed by atoms with E-state index in [1.807, 2.05) is 26.0 Å². The van der Waals surface area contributed by atoms with Crippen molar-refractivity contribution in [3.63, 3.8) is 0 Å². The van der Waals surface area contributed by atoms with Crippen LogP contribution in [-0.2, 0) is 16.0 Å². The molecule has 0 radical (unpaired) electrons. The summed E-state index contributed by atoms with van der Waals surface area (Å²) >= 11 is 0. The Hall–Kier alpha value is -1.79. The summed E-state index contributed by atoms with van der Waals surface area (Å²) in [6.07, 6.45) is -1.02. The van der Waals surface area contributed by atoms with E-state index in [2.05, 4.69) is 0 Å². The van der Waals surface area contributed by atoms with Gasteiger partial charge in [-0.2, -0.15) is 0 Å².